The zero-order chi connectivity index (χ0) is 11.1. The Bertz CT molecular complexity index is 370. The molecule has 0 aromatic heterocycles. The molecule has 0 unspecified atom stereocenters. The van der Waals surface area contributed by atoms with Gasteiger partial charge in [0.05, 0.1) is 10.7 Å². The summed E-state index contributed by atoms with van der Waals surface area (Å²) in [5.74, 6) is 0. The molecule has 1 aromatic rings. The van der Waals surface area contributed by atoms with Crippen molar-refractivity contribution < 1.29 is 0 Å². The van der Waals surface area contributed by atoms with Gasteiger partial charge >= 0.3 is 0 Å². The van der Waals surface area contributed by atoms with Gasteiger partial charge in [-0.05, 0) is 37.0 Å². The van der Waals surface area contributed by atoms with E-state index in [1.54, 1.807) is 0 Å². The van der Waals surface area contributed by atoms with Crippen LogP contribution in [0.4, 0.5) is 5.69 Å². The van der Waals surface area contributed by atoms with Gasteiger partial charge in [-0.25, -0.2) is 0 Å². The Morgan fingerprint density at radius 3 is 2.47 bits per heavy atom. The molecule has 0 aliphatic heterocycles. The molecule has 0 bridgehead atoms. The molecule has 1 aromatic carbocycles. The van der Waals surface area contributed by atoms with E-state index in [-0.39, 0.29) is 5.54 Å². The summed E-state index contributed by atoms with van der Waals surface area (Å²) in [6.07, 6.45) is 3.40. The molecule has 0 atom stereocenters. The number of hydrogen-bond acceptors (Lipinski definition) is 2. The lowest BCUT2D eigenvalue weighted by Crippen LogP contribution is -2.43. The number of nitrogens with zero attached hydrogens (tertiary/aromatic N) is 1. The highest BCUT2D eigenvalue weighted by Gasteiger charge is 2.34. The SMILES string of the molecule is CN(C)c1cc(C2(N)CCC2)ccc1Cl. The minimum absolute atomic E-state index is 0.102. The summed E-state index contributed by atoms with van der Waals surface area (Å²) in [6, 6.07) is 6.11. The average molecular weight is 225 g/mol. The Morgan fingerprint density at radius 1 is 1.33 bits per heavy atom. The minimum Gasteiger partial charge on any atom is -0.376 e. The second kappa shape index (κ2) is 3.69. The molecule has 82 valence electrons. The molecule has 2 N–H and O–H groups in total. The smallest absolute Gasteiger partial charge is 0.0639 e. The topological polar surface area (TPSA) is 29.3 Å². The molecule has 3 heteroatoms. The highest BCUT2D eigenvalue weighted by molar-refractivity contribution is 6.33. The number of rotatable bonds is 2. The van der Waals surface area contributed by atoms with E-state index >= 15 is 0 Å². The van der Waals surface area contributed by atoms with E-state index in [2.05, 4.69) is 12.1 Å². The molecule has 15 heavy (non-hydrogen) atoms. The monoisotopic (exact) mass is 224 g/mol. The van der Waals surface area contributed by atoms with Crippen molar-refractivity contribution in [2.75, 3.05) is 19.0 Å². The predicted octanol–water partition coefficient (Wildman–Crippen LogP) is 2.74. The highest BCUT2D eigenvalue weighted by atomic mass is 35.5. The lowest BCUT2D eigenvalue weighted by atomic mass is 9.73. The van der Waals surface area contributed by atoms with Crippen LogP contribution in [0.3, 0.4) is 0 Å². The van der Waals surface area contributed by atoms with Crippen molar-refractivity contribution in [3.63, 3.8) is 0 Å². The fraction of sp³-hybridized carbons (Fsp3) is 0.500. The van der Waals surface area contributed by atoms with E-state index in [0.29, 0.717) is 0 Å². The third kappa shape index (κ3) is 1.84. The van der Waals surface area contributed by atoms with E-state index in [1.165, 1.54) is 12.0 Å². The maximum absolute atomic E-state index is 6.28. The highest BCUT2D eigenvalue weighted by Crippen LogP contribution is 2.40. The first-order chi connectivity index (χ1) is 7.03. The number of benzene rings is 1. The van der Waals surface area contributed by atoms with Gasteiger partial charge in [0, 0.05) is 19.6 Å². The third-order valence-electron chi connectivity index (χ3n) is 3.25. The van der Waals surface area contributed by atoms with Crippen LogP contribution in [0.2, 0.25) is 5.02 Å². The van der Waals surface area contributed by atoms with Crippen LogP contribution >= 0.6 is 11.6 Å². The van der Waals surface area contributed by atoms with Crippen molar-refractivity contribution in [2.24, 2.45) is 5.73 Å². The predicted molar refractivity (Wildman–Crippen MR) is 65.5 cm³/mol. The van der Waals surface area contributed by atoms with E-state index in [4.69, 9.17) is 17.3 Å². The molecule has 0 amide bonds. The van der Waals surface area contributed by atoms with E-state index in [1.807, 2.05) is 25.1 Å². The molecular formula is C12H17ClN2. The summed E-state index contributed by atoms with van der Waals surface area (Å²) in [6.45, 7) is 0. The Balaban J connectivity index is 2.38. The summed E-state index contributed by atoms with van der Waals surface area (Å²) in [5, 5.41) is 0.784. The molecule has 1 aliphatic rings. The van der Waals surface area contributed by atoms with Crippen molar-refractivity contribution >= 4 is 17.3 Å². The van der Waals surface area contributed by atoms with Gasteiger partial charge in [0.15, 0.2) is 0 Å². The van der Waals surface area contributed by atoms with E-state index in [9.17, 15) is 0 Å². The molecule has 0 radical (unpaired) electrons. The molecule has 0 heterocycles. The van der Waals surface area contributed by atoms with E-state index < -0.39 is 0 Å². The Hall–Kier alpha value is -0.730. The Kier molecular flexibility index (Phi) is 2.65. The van der Waals surface area contributed by atoms with Crippen molar-refractivity contribution in [1.82, 2.24) is 0 Å². The van der Waals surface area contributed by atoms with Crippen molar-refractivity contribution in [2.45, 2.75) is 24.8 Å². The molecule has 0 spiro atoms. The normalized spacial score (nSPS) is 18.4. The van der Waals surface area contributed by atoms with Crippen molar-refractivity contribution in [3.05, 3.63) is 28.8 Å². The molecule has 1 saturated carbocycles. The summed E-state index contributed by atoms with van der Waals surface area (Å²) in [7, 11) is 3.99. The van der Waals surface area contributed by atoms with Crippen LogP contribution in [0.25, 0.3) is 0 Å². The summed E-state index contributed by atoms with van der Waals surface area (Å²) < 4.78 is 0. The zero-order valence-electron chi connectivity index (χ0n) is 9.26. The second-order valence-corrected chi connectivity index (χ2v) is 4.98. The number of anilines is 1. The van der Waals surface area contributed by atoms with Crippen LogP contribution in [-0.4, -0.2) is 14.1 Å². The molecule has 2 nitrogen and oxygen atoms in total. The molecule has 2 rings (SSSR count). The average Bonchev–Trinajstić information content (AvgIpc) is 2.14. The molecular weight excluding hydrogens is 208 g/mol. The van der Waals surface area contributed by atoms with Gasteiger partial charge in [-0.1, -0.05) is 17.7 Å². The van der Waals surface area contributed by atoms with Gasteiger partial charge in [-0.3, -0.25) is 0 Å². The zero-order valence-corrected chi connectivity index (χ0v) is 10.0. The van der Waals surface area contributed by atoms with Gasteiger partial charge in [0.1, 0.15) is 0 Å². The molecule has 1 aliphatic carbocycles. The summed E-state index contributed by atoms with van der Waals surface area (Å²) in [4.78, 5) is 2.02. The Morgan fingerprint density at radius 2 is 2.00 bits per heavy atom. The van der Waals surface area contributed by atoms with Gasteiger partial charge in [-0.2, -0.15) is 0 Å². The first-order valence-electron chi connectivity index (χ1n) is 5.29. The largest absolute Gasteiger partial charge is 0.376 e. The van der Waals surface area contributed by atoms with Crippen molar-refractivity contribution in [3.8, 4) is 0 Å². The number of hydrogen-bond donors (Lipinski definition) is 1. The van der Waals surface area contributed by atoms with Gasteiger partial charge in [0.2, 0.25) is 0 Å². The number of halogens is 1. The van der Waals surface area contributed by atoms with Crippen LogP contribution in [-0.2, 0) is 5.54 Å². The second-order valence-electron chi connectivity index (χ2n) is 4.57. The fourth-order valence-electron chi connectivity index (χ4n) is 2.01. The maximum atomic E-state index is 6.28. The molecule has 0 saturated heterocycles. The number of nitrogens with two attached hydrogens (primary N) is 1. The minimum atomic E-state index is -0.102. The fourth-order valence-corrected chi connectivity index (χ4v) is 2.30. The van der Waals surface area contributed by atoms with Crippen LogP contribution < -0.4 is 10.6 Å². The summed E-state index contributed by atoms with van der Waals surface area (Å²) >= 11 is 6.12. The summed E-state index contributed by atoms with van der Waals surface area (Å²) in [5.41, 5.74) is 8.44. The standard InChI is InChI=1S/C12H17ClN2/c1-15(2)11-8-9(4-5-10(11)13)12(14)6-3-7-12/h4-5,8H,3,6-7,14H2,1-2H3. The van der Waals surface area contributed by atoms with Crippen LogP contribution in [0.15, 0.2) is 18.2 Å². The van der Waals surface area contributed by atoms with Crippen molar-refractivity contribution in [1.29, 1.82) is 0 Å². The van der Waals surface area contributed by atoms with Crippen LogP contribution in [0.5, 0.6) is 0 Å². The van der Waals surface area contributed by atoms with E-state index in [0.717, 1.165) is 23.6 Å². The third-order valence-corrected chi connectivity index (χ3v) is 3.57. The van der Waals surface area contributed by atoms with Crippen LogP contribution in [0.1, 0.15) is 24.8 Å². The first-order valence-corrected chi connectivity index (χ1v) is 5.67. The van der Waals surface area contributed by atoms with Crippen LogP contribution in [0, 0.1) is 0 Å². The van der Waals surface area contributed by atoms with Gasteiger partial charge in [0.25, 0.3) is 0 Å². The van der Waals surface area contributed by atoms with Gasteiger partial charge < -0.3 is 10.6 Å². The lowest BCUT2D eigenvalue weighted by molar-refractivity contribution is 0.253. The maximum Gasteiger partial charge on any atom is 0.0639 e. The van der Waals surface area contributed by atoms with Gasteiger partial charge in [-0.15, -0.1) is 0 Å². The Labute approximate surface area is 96.0 Å². The lowest BCUT2D eigenvalue weighted by Gasteiger charge is -2.39. The molecule has 1 fully saturated rings. The first kappa shape index (κ1) is 10.8. The quantitative estimate of drug-likeness (QED) is 0.837.